The van der Waals surface area contributed by atoms with Gasteiger partial charge in [0.2, 0.25) is 0 Å². The number of hydrogen-bond acceptors (Lipinski definition) is 1. The van der Waals surface area contributed by atoms with E-state index in [0.29, 0.717) is 0 Å². The van der Waals surface area contributed by atoms with Crippen molar-refractivity contribution in [1.29, 1.82) is 0 Å². The van der Waals surface area contributed by atoms with E-state index in [-0.39, 0.29) is 5.41 Å². The Bertz CT molecular complexity index is 331. The van der Waals surface area contributed by atoms with Crippen molar-refractivity contribution < 1.29 is 4.74 Å². The molecule has 16 heavy (non-hydrogen) atoms. The minimum absolute atomic E-state index is 0.274. The van der Waals surface area contributed by atoms with E-state index in [0.717, 1.165) is 13.2 Å². The first-order chi connectivity index (χ1) is 7.57. The van der Waals surface area contributed by atoms with Crippen LogP contribution in [0.5, 0.6) is 0 Å². The molecule has 1 saturated heterocycles. The molecule has 0 spiro atoms. The maximum atomic E-state index is 5.43. The summed E-state index contributed by atoms with van der Waals surface area (Å²) in [5.74, 6) is 0. The molecule has 0 atom stereocenters. The second kappa shape index (κ2) is 4.72. The van der Waals surface area contributed by atoms with Gasteiger partial charge < -0.3 is 4.74 Å². The van der Waals surface area contributed by atoms with Crippen molar-refractivity contribution in [1.82, 2.24) is 0 Å². The van der Waals surface area contributed by atoms with Gasteiger partial charge in [0, 0.05) is 13.2 Å². The smallest absolute Gasteiger partial charge is 0.0753 e. The summed E-state index contributed by atoms with van der Waals surface area (Å²) in [6, 6.07) is 12.0. The molecule has 88 valence electrons. The normalized spacial score (nSPS) is 18.7. The molecule has 1 nitrogen and oxygen atoms in total. The van der Waals surface area contributed by atoms with E-state index in [4.69, 9.17) is 4.74 Å². The molecule has 0 bridgehead atoms. The van der Waals surface area contributed by atoms with E-state index in [1.807, 2.05) is 0 Å². The molecule has 0 amide bonds. The first-order valence-electron chi connectivity index (χ1n) is 6.25. The van der Waals surface area contributed by atoms with Gasteiger partial charge in [-0.3, -0.25) is 0 Å². The average Bonchev–Trinajstić information content (AvgIpc) is 2.29. The molecule has 2 rings (SSSR count). The molecule has 0 unspecified atom stereocenters. The van der Waals surface area contributed by atoms with Crippen LogP contribution in [-0.4, -0.2) is 22.0 Å². The van der Waals surface area contributed by atoms with Crippen LogP contribution in [-0.2, 0) is 10.2 Å². The number of ether oxygens (including phenoxy) is 1. The van der Waals surface area contributed by atoms with E-state index < -0.39 is 8.80 Å². The Kier molecular flexibility index (Phi) is 3.50. The van der Waals surface area contributed by atoms with Crippen LogP contribution < -0.4 is 5.19 Å². The van der Waals surface area contributed by atoms with Crippen molar-refractivity contribution in [3.05, 3.63) is 29.8 Å². The molecule has 1 heterocycles. The quantitative estimate of drug-likeness (QED) is 0.678. The molecular weight excluding hydrogens is 212 g/mol. The summed E-state index contributed by atoms with van der Waals surface area (Å²) in [5, 5.41) is 1.62. The van der Waals surface area contributed by atoms with Gasteiger partial charge >= 0.3 is 0 Å². The van der Waals surface area contributed by atoms with Gasteiger partial charge in [-0.25, -0.2) is 0 Å². The summed E-state index contributed by atoms with van der Waals surface area (Å²) in [4.78, 5) is 0. The summed E-state index contributed by atoms with van der Waals surface area (Å²) in [6.07, 6.45) is 0. The summed E-state index contributed by atoms with van der Waals surface area (Å²) in [7, 11) is -0.684. The van der Waals surface area contributed by atoms with E-state index in [2.05, 4.69) is 45.0 Å². The first-order valence-corrected chi connectivity index (χ1v) is 8.46. The minimum atomic E-state index is -0.684. The van der Waals surface area contributed by atoms with Crippen LogP contribution in [0.15, 0.2) is 24.3 Å². The van der Waals surface area contributed by atoms with Crippen molar-refractivity contribution in [3.8, 4) is 0 Å². The third kappa shape index (κ3) is 2.74. The van der Waals surface area contributed by atoms with Gasteiger partial charge in [-0.1, -0.05) is 50.2 Å². The third-order valence-electron chi connectivity index (χ3n) is 3.47. The lowest BCUT2D eigenvalue weighted by atomic mass is 9.87. The molecule has 1 aliphatic rings. The molecule has 1 aliphatic heterocycles. The second-order valence-electron chi connectivity index (χ2n) is 5.76. The highest BCUT2D eigenvalue weighted by Gasteiger charge is 2.18. The lowest BCUT2D eigenvalue weighted by Gasteiger charge is -2.23. The van der Waals surface area contributed by atoms with E-state index in [1.165, 1.54) is 17.7 Å². The highest BCUT2D eigenvalue weighted by molar-refractivity contribution is 6.73. The van der Waals surface area contributed by atoms with Gasteiger partial charge in [0.05, 0.1) is 8.80 Å². The van der Waals surface area contributed by atoms with Crippen LogP contribution >= 0.6 is 0 Å². The van der Waals surface area contributed by atoms with Gasteiger partial charge in [0.15, 0.2) is 0 Å². The Morgan fingerprint density at radius 2 is 1.56 bits per heavy atom. The summed E-state index contributed by atoms with van der Waals surface area (Å²) >= 11 is 0. The second-order valence-corrected chi connectivity index (χ2v) is 8.97. The maximum Gasteiger partial charge on any atom is 0.0753 e. The van der Waals surface area contributed by atoms with Crippen LogP contribution in [0.3, 0.4) is 0 Å². The number of benzene rings is 1. The van der Waals surface area contributed by atoms with Crippen LogP contribution in [0.4, 0.5) is 0 Å². The fourth-order valence-electron chi connectivity index (χ4n) is 2.29. The van der Waals surface area contributed by atoms with Gasteiger partial charge in [-0.2, -0.15) is 0 Å². The monoisotopic (exact) mass is 234 g/mol. The van der Waals surface area contributed by atoms with Crippen LogP contribution in [0, 0.1) is 0 Å². The zero-order valence-electron chi connectivity index (χ0n) is 10.6. The first kappa shape index (κ1) is 11.9. The topological polar surface area (TPSA) is 9.23 Å². The molecule has 1 aromatic rings. The Morgan fingerprint density at radius 3 is 2.06 bits per heavy atom. The molecule has 1 fully saturated rings. The Labute approximate surface area is 100 Å². The SMILES string of the molecule is CC(C)(C)c1ccc([SiH]2CCOCC2)cc1. The minimum Gasteiger partial charge on any atom is -0.382 e. The van der Waals surface area contributed by atoms with Crippen molar-refractivity contribution in [2.45, 2.75) is 38.3 Å². The fourth-order valence-corrected chi connectivity index (χ4v) is 4.88. The van der Waals surface area contributed by atoms with Crippen LogP contribution in [0.1, 0.15) is 26.3 Å². The van der Waals surface area contributed by atoms with Gasteiger partial charge in [-0.15, -0.1) is 0 Å². The fraction of sp³-hybridized carbons (Fsp3) is 0.571. The predicted molar refractivity (Wildman–Crippen MR) is 72.4 cm³/mol. The van der Waals surface area contributed by atoms with Crippen molar-refractivity contribution in [2.24, 2.45) is 0 Å². The van der Waals surface area contributed by atoms with Gasteiger partial charge in [0.25, 0.3) is 0 Å². The van der Waals surface area contributed by atoms with Gasteiger partial charge in [-0.05, 0) is 23.1 Å². The van der Waals surface area contributed by atoms with E-state index >= 15 is 0 Å². The summed E-state index contributed by atoms with van der Waals surface area (Å²) < 4.78 is 5.43. The standard InChI is InChI=1S/C14H22OSi/c1-14(2,3)12-4-6-13(7-5-12)16-10-8-15-9-11-16/h4-7,16H,8-11H2,1-3H3. The molecule has 0 saturated carbocycles. The summed E-state index contributed by atoms with van der Waals surface area (Å²) in [5.41, 5.74) is 1.72. The molecule has 0 N–H and O–H groups in total. The Hall–Kier alpha value is -0.603. The summed E-state index contributed by atoms with van der Waals surface area (Å²) in [6.45, 7) is 8.78. The van der Waals surface area contributed by atoms with E-state index in [9.17, 15) is 0 Å². The van der Waals surface area contributed by atoms with Crippen molar-refractivity contribution >= 4 is 14.0 Å². The largest absolute Gasteiger partial charge is 0.382 e. The lowest BCUT2D eigenvalue weighted by Crippen LogP contribution is -2.35. The molecule has 1 aromatic carbocycles. The maximum absolute atomic E-state index is 5.43. The molecule has 0 aromatic heterocycles. The molecule has 2 heteroatoms. The molecular formula is C14H22OSi. The van der Waals surface area contributed by atoms with Crippen LogP contribution in [0.2, 0.25) is 12.1 Å². The zero-order valence-corrected chi connectivity index (χ0v) is 11.8. The molecule has 0 aliphatic carbocycles. The number of rotatable bonds is 1. The van der Waals surface area contributed by atoms with Crippen molar-refractivity contribution in [2.75, 3.05) is 13.2 Å². The van der Waals surface area contributed by atoms with Crippen molar-refractivity contribution in [3.63, 3.8) is 0 Å². The molecule has 0 radical (unpaired) electrons. The highest BCUT2D eigenvalue weighted by atomic mass is 28.3. The average molecular weight is 234 g/mol. The third-order valence-corrected chi connectivity index (χ3v) is 6.66. The zero-order chi connectivity index (χ0) is 11.6. The Morgan fingerprint density at radius 1 is 1.00 bits per heavy atom. The Balaban J connectivity index is 2.12. The van der Waals surface area contributed by atoms with E-state index in [1.54, 1.807) is 5.19 Å². The van der Waals surface area contributed by atoms with Gasteiger partial charge in [0.1, 0.15) is 0 Å². The highest BCUT2D eigenvalue weighted by Crippen LogP contribution is 2.21. The lowest BCUT2D eigenvalue weighted by molar-refractivity contribution is 0.151. The van der Waals surface area contributed by atoms with Crippen LogP contribution in [0.25, 0.3) is 0 Å². The number of hydrogen-bond donors (Lipinski definition) is 0. The predicted octanol–water partition coefficient (Wildman–Crippen LogP) is 2.45.